The number of nitrogens with zero attached hydrogens (tertiary/aromatic N) is 1. The second-order valence-corrected chi connectivity index (χ2v) is 8.11. The SMILES string of the molecule is CCOc1cccc(/C(O)=C2/C(=O)C(=O)N(Cc3ccccc3OC)C2c2cccc(C)c2)c1. The molecule has 0 radical (unpaired) electrons. The molecule has 34 heavy (non-hydrogen) atoms. The Morgan fingerprint density at radius 1 is 1.00 bits per heavy atom. The van der Waals surface area contributed by atoms with Crippen molar-refractivity contribution >= 4 is 17.4 Å². The molecular formula is C28H27NO5. The maximum absolute atomic E-state index is 13.3. The Kier molecular flexibility index (Phi) is 6.68. The van der Waals surface area contributed by atoms with E-state index in [0.29, 0.717) is 23.7 Å². The van der Waals surface area contributed by atoms with Gasteiger partial charge in [-0.3, -0.25) is 9.59 Å². The van der Waals surface area contributed by atoms with Gasteiger partial charge in [-0.1, -0.05) is 60.2 Å². The lowest BCUT2D eigenvalue weighted by molar-refractivity contribution is -0.140. The van der Waals surface area contributed by atoms with Gasteiger partial charge >= 0.3 is 0 Å². The molecule has 1 unspecified atom stereocenters. The molecular weight excluding hydrogens is 430 g/mol. The van der Waals surface area contributed by atoms with Crippen LogP contribution in [0.25, 0.3) is 5.76 Å². The van der Waals surface area contributed by atoms with E-state index in [-0.39, 0.29) is 17.9 Å². The number of aliphatic hydroxyl groups excluding tert-OH is 1. The van der Waals surface area contributed by atoms with Gasteiger partial charge in [0.2, 0.25) is 0 Å². The Morgan fingerprint density at radius 3 is 2.50 bits per heavy atom. The molecule has 4 rings (SSSR count). The van der Waals surface area contributed by atoms with Gasteiger partial charge in [-0.05, 0) is 37.6 Å². The Balaban J connectivity index is 1.87. The summed E-state index contributed by atoms with van der Waals surface area (Å²) in [7, 11) is 1.57. The van der Waals surface area contributed by atoms with Gasteiger partial charge in [0.15, 0.2) is 0 Å². The lowest BCUT2D eigenvalue weighted by Crippen LogP contribution is -2.29. The molecule has 0 aromatic heterocycles. The van der Waals surface area contributed by atoms with Gasteiger partial charge in [0.05, 0.1) is 31.9 Å². The van der Waals surface area contributed by atoms with E-state index in [2.05, 4.69) is 0 Å². The number of hydrogen-bond donors (Lipinski definition) is 1. The highest BCUT2D eigenvalue weighted by Gasteiger charge is 2.46. The van der Waals surface area contributed by atoms with E-state index in [0.717, 1.165) is 16.7 Å². The molecule has 0 aliphatic carbocycles. The van der Waals surface area contributed by atoms with Crippen LogP contribution in [0.2, 0.25) is 0 Å². The molecule has 1 aliphatic rings. The third kappa shape index (κ3) is 4.39. The number of ketones is 1. The average molecular weight is 458 g/mol. The van der Waals surface area contributed by atoms with Crippen LogP contribution in [0, 0.1) is 6.92 Å². The Hall–Kier alpha value is -4.06. The molecule has 0 spiro atoms. The van der Waals surface area contributed by atoms with Crippen LogP contribution < -0.4 is 9.47 Å². The highest BCUT2D eigenvalue weighted by molar-refractivity contribution is 6.46. The first-order chi connectivity index (χ1) is 16.4. The monoisotopic (exact) mass is 457 g/mol. The summed E-state index contributed by atoms with van der Waals surface area (Å²) in [4.78, 5) is 28.0. The molecule has 3 aromatic carbocycles. The first kappa shape index (κ1) is 23.1. The van der Waals surface area contributed by atoms with Crippen LogP contribution in [0.5, 0.6) is 11.5 Å². The molecule has 3 aromatic rings. The normalized spacial score (nSPS) is 17.1. The van der Waals surface area contributed by atoms with Gasteiger partial charge in [0, 0.05) is 11.1 Å². The number of carbonyl (C=O) groups excluding carboxylic acids is 2. The number of aliphatic hydroxyl groups is 1. The predicted molar refractivity (Wildman–Crippen MR) is 130 cm³/mol. The zero-order chi connectivity index (χ0) is 24.2. The standard InChI is InChI=1S/C28H27NO5/c1-4-34-22-13-8-12-20(16-22)26(30)24-25(19-11-7-9-18(2)15-19)29(28(32)27(24)31)17-21-10-5-6-14-23(21)33-3/h5-16,25,30H,4,17H2,1-3H3/b26-24-. The van der Waals surface area contributed by atoms with E-state index in [4.69, 9.17) is 9.47 Å². The predicted octanol–water partition coefficient (Wildman–Crippen LogP) is 5.02. The Bertz CT molecular complexity index is 1260. The number of carbonyl (C=O) groups is 2. The number of methoxy groups -OCH3 is 1. The highest BCUT2D eigenvalue weighted by Crippen LogP contribution is 2.41. The van der Waals surface area contributed by atoms with Crippen molar-refractivity contribution in [3.05, 3.63) is 101 Å². The minimum absolute atomic E-state index is 0.0548. The molecule has 6 nitrogen and oxygen atoms in total. The summed E-state index contributed by atoms with van der Waals surface area (Å²) >= 11 is 0. The van der Waals surface area contributed by atoms with E-state index < -0.39 is 17.7 Å². The zero-order valence-corrected chi connectivity index (χ0v) is 19.4. The molecule has 1 amide bonds. The van der Waals surface area contributed by atoms with Gasteiger partial charge in [-0.15, -0.1) is 0 Å². The smallest absolute Gasteiger partial charge is 0.295 e. The highest BCUT2D eigenvalue weighted by atomic mass is 16.5. The Morgan fingerprint density at radius 2 is 1.76 bits per heavy atom. The maximum atomic E-state index is 13.3. The van der Waals surface area contributed by atoms with Crippen LogP contribution in [-0.4, -0.2) is 35.4 Å². The molecule has 1 aliphatic heterocycles. The van der Waals surface area contributed by atoms with Crippen molar-refractivity contribution in [3.63, 3.8) is 0 Å². The maximum Gasteiger partial charge on any atom is 0.295 e. The number of ether oxygens (including phenoxy) is 2. The fourth-order valence-corrected chi connectivity index (χ4v) is 4.30. The third-order valence-electron chi connectivity index (χ3n) is 5.85. The molecule has 0 bridgehead atoms. The van der Waals surface area contributed by atoms with Gasteiger partial charge in [-0.2, -0.15) is 0 Å². The van der Waals surface area contributed by atoms with Crippen molar-refractivity contribution in [3.8, 4) is 11.5 Å². The number of hydrogen-bond acceptors (Lipinski definition) is 5. The summed E-state index contributed by atoms with van der Waals surface area (Å²) in [6, 6.07) is 21.1. The Labute approximate surface area is 199 Å². The van der Waals surface area contributed by atoms with Crippen molar-refractivity contribution in [2.24, 2.45) is 0 Å². The third-order valence-corrected chi connectivity index (χ3v) is 5.85. The summed E-state index contributed by atoms with van der Waals surface area (Å²) in [5.74, 6) is -0.423. The van der Waals surface area contributed by atoms with E-state index in [1.165, 1.54) is 4.90 Å². The van der Waals surface area contributed by atoms with Crippen LogP contribution in [-0.2, 0) is 16.1 Å². The van der Waals surface area contributed by atoms with Crippen molar-refractivity contribution in [1.29, 1.82) is 0 Å². The molecule has 1 fully saturated rings. The first-order valence-electron chi connectivity index (χ1n) is 11.1. The molecule has 1 heterocycles. The van der Waals surface area contributed by atoms with E-state index in [1.54, 1.807) is 31.4 Å². The van der Waals surface area contributed by atoms with Crippen LogP contribution in [0.3, 0.4) is 0 Å². The summed E-state index contributed by atoms with van der Waals surface area (Å²) in [6.45, 7) is 4.44. The van der Waals surface area contributed by atoms with Crippen molar-refractivity contribution < 1.29 is 24.2 Å². The number of amides is 1. The average Bonchev–Trinajstić information content (AvgIpc) is 3.09. The topological polar surface area (TPSA) is 76.1 Å². The fraction of sp³-hybridized carbons (Fsp3) is 0.214. The summed E-state index contributed by atoms with van der Waals surface area (Å²) < 4.78 is 11.0. The quantitative estimate of drug-likeness (QED) is 0.306. The van der Waals surface area contributed by atoms with E-state index in [9.17, 15) is 14.7 Å². The largest absolute Gasteiger partial charge is 0.507 e. The van der Waals surface area contributed by atoms with Crippen LogP contribution in [0.1, 0.15) is 35.2 Å². The molecule has 6 heteroatoms. The lowest BCUT2D eigenvalue weighted by atomic mass is 9.94. The van der Waals surface area contributed by atoms with Crippen LogP contribution >= 0.6 is 0 Å². The second kappa shape index (κ2) is 9.83. The van der Waals surface area contributed by atoms with E-state index in [1.807, 2.05) is 62.4 Å². The summed E-state index contributed by atoms with van der Waals surface area (Å²) in [6.07, 6.45) is 0. The molecule has 1 N–H and O–H groups in total. The molecule has 174 valence electrons. The van der Waals surface area contributed by atoms with Gasteiger partial charge < -0.3 is 19.5 Å². The lowest BCUT2D eigenvalue weighted by Gasteiger charge is -2.26. The number of rotatable bonds is 7. The number of Topliss-reactive ketones (excluding diaryl/α,β-unsaturated/α-hetero) is 1. The van der Waals surface area contributed by atoms with Gasteiger partial charge in [0.25, 0.3) is 11.7 Å². The summed E-state index contributed by atoms with van der Waals surface area (Å²) in [5.41, 5.74) is 2.97. The van der Waals surface area contributed by atoms with Crippen molar-refractivity contribution in [1.82, 2.24) is 4.90 Å². The van der Waals surface area contributed by atoms with Crippen LogP contribution in [0.15, 0.2) is 78.4 Å². The summed E-state index contributed by atoms with van der Waals surface area (Å²) in [5, 5.41) is 11.3. The fourth-order valence-electron chi connectivity index (χ4n) is 4.30. The second-order valence-electron chi connectivity index (χ2n) is 8.11. The number of benzene rings is 3. The molecule has 1 saturated heterocycles. The minimum atomic E-state index is -0.749. The molecule has 0 saturated carbocycles. The number of para-hydroxylation sites is 1. The number of aryl methyl sites for hydroxylation is 1. The van der Waals surface area contributed by atoms with Gasteiger partial charge in [0.1, 0.15) is 17.3 Å². The zero-order valence-electron chi connectivity index (χ0n) is 19.4. The van der Waals surface area contributed by atoms with Crippen molar-refractivity contribution in [2.45, 2.75) is 26.4 Å². The first-order valence-corrected chi connectivity index (χ1v) is 11.1. The molecule has 1 atom stereocenters. The van der Waals surface area contributed by atoms with Crippen LogP contribution in [0.4, 0.5) is 0 Å². The van der Waals surface area contributed by atoms with E-state index >= 15 is 0 Å². The number of likely N-dealkylation sites (tertiary alicyclic amines) is 1. The van der Waals surface area contributed by atoms with Crippen molar-refractivity contribution in [2.75, 3.05) is 13.7 Å². The minimum Gasteiger partial charge on any atom is -0.507 e. The van der Waals surface area contributed by atoms with Gasteiger partial charge in [-0.25, -0.2) is 0 Å².